The molecule has 0 aliphatic rings. The highest BCUT2D eigenvalue weighted by Crippen LogP contribution is 2.17. The molecule has 7 heteroatoms. The van der Waals surface area contributed by atoms with Crippen LogP contribution in [0.5, 0.6) is 0 Å². The Morgan fingerprint density at radius 2 is 1.89 bits per heavy atom. The molecule has 1 aromatic rings. The van der Waals surface area contributed by atoms with E-state index in [4.69, 9.17) is 5.73 Å². The van der Waals surface area contributed by atoms with Gasteiger partial charge >= 0.3 is 0 Å². The molecule has 6 nitrogen and oxygen atoms in total. The predicted octanol–water partition coefficient (Wildman–Crippen LogP) is 0.271. The van der Waals surface area contributed by atoms with E-state index in [2.05, 4.69) is 5.32 Å². The van der Waals surface area contributed by atoms with Gasteiger partial charge in [-0.3, -0.25) is 4.79 Å². The molecule has 1 amide bonds. The number of nitrogens with one attached hydrogen (secondary N) is 1. The summed E-state index contributed by atoms with van der Waals surface area (Å²) >= 11 is 0. The Hall–Kier alpha value is -1.60. The summed E-state index contributed by atoms with van der Waals surface area (Å²) in [5.41, 5.74) is 6.02. The molecule has 0 radical (unpaired) electrons. The Kier molecular flexibility index (Phi) is 4.90. The van der Waals surface area contributed by atoms with Crippen LogP contribution in [0.3, 0.4) is 0 Å². The lowest BCUT2D eigenvalue weighted by atomic mass is 10.2. The molecule has 0 aliphatic carbocycles. The summed E-state index contributed by atoms with van der Waals surface area (Å²) in [7, 11) is -0.624. The van der Waals surface area contributed by atoms with Crippen molar-refractivity contribution in [2.75, 3.05) is 26.4 Å². The average molecular weight is 285 g/mol. The molecule has 1 unspecified atom stereocenters. The van der Waals surface area contributed by atoms with E-state index in [0.29, 0.717) is 5.69 Å². The van der Waals surface area contributed by atoms with Gasteiger partial charge in [-0.15, -0.1) is 0 Å². The zero-order valence-electron chi connectivity index (χ0n) is 11.3. The van der Waals surface area contributed by atoms with Gasteiger partial charge in [-0.2, -0.15) is 0 Å². The molecule has 106 valence electrons. The summed E-state index contributed by atoms with van der Waals surface area (Å²) in [6.07, 6.45) is 0. The molecule has 0 saturated carbocycles. The van der Waals surface area contributed by atoms with Crippen LogP contribution in [0.25, 0.3) is 0 Å². The zero-order chi connectivity index (χ0) is 14.6. The molecule has 0 bridgehead atoms. The number of amides is 1. The first-order chi connectivity index (χ1) is 8.78. The van der Waals surface area contributed by atoms with Gasteiger partial charge in [0.1, 0.15) is 0 Å². The number of nitrogens with zero attached hydrogens (tertiary/aromatic N) is 1. The highest BCUT2D eigenvalue weighted by atomic mass is 32.2. The summed E-state index contributed by atoms with van der Waals surface area (Å²) in [4.78, 5) is 11.6. The number of sulfonamides is 1. The number of carbonyl (C=O) groups is 1. The van der Waals surface area contributed by atoms with E-state index in [1.165, 1.54) is 42.7 Å². The fourth-order valence-corrected chi connectivity index (χ4v) is 2.89. The maximum atomic E-state index is 12.2. The number of rotatable bonds is 5. The standard InChI is InChI=1S/C12H19N3O3S/c1-9(12(16)14-2)8-15(3)19(17,18)11-6-4-10(13)5-7-11/h4-7,9H,8,13H2,1-3H3,(H,14,16). The van der Waals surface area contributed by atoms with Crippen LogP contribution in [0, 0.1) is 5.92 Å². The van der Waals surface area contributed by atoms with Gasteiger partial charge in [-0.25, -0.2) is 12.7 Å². The molecule has 19 heavy (non-hydrogen) atoms. The van der Waals surface area contributed by atoms with Crippen LogP contribution in [0.1, 0.15) is 6.92 Å². The first-order valence-electron chi connectivity index (χ1n) is 5.82. The molecular weight excluding hydrogens is 266 g/mol. The number of hydrogen-bond acceptors (Lipinski definition) is 4. The van der Waals surface area contributed by atoms with E-state index in [0.717, 1.165) is 0 Å². The number of anilines is 1. The summed E-state index contributed by atoms with van der Waals surface area (Å²) in [6.45, 7) is 1.79. The molecule has 0 aliphatic heterocycles. The van der Waals surface area contributed by atoms with Crippen LogP contribution in [0.2, 0.25) is 0 Å². The topological polar surface area (TPSA) is 92.5 Å². The summed E-state index contributed by atoms with van der Waals surface area (Å²) < 4.78 is 25.7. The third-order valence-electron chi connectivity index (χ3n) is 2.81. The minimum Gasteiger partial charge on any atom is -0.399 e. The van der Waals surface area contributed by atoms with E-state index in [9.17, 15) is 13.2 Å². The molecule has 0 heterocycles. The fourth-order valence-electron chi connectivity index (χ4n) is 1.63. The lowest BCUT2D eigenvalue weighted by Crippen LogP contribution is -2.37. The highest BCUT2D eigenvalue weighted by molar-refractivity contribution is 7.89. The lowest BCUT2D eigenvalue weighted by molar-refractivity contribution is -0.124. The van der Waals surface area contributed by atoms with Gasteiger partial charge in [0.25, 0.3) is 0 Å². The Morgan fingerprint density at radius 1 is 1.37 bits per heavy atom. The van der Waals surface area contributed by atoms with Crippen molar-refractivity contribution in [2.45, 2.75) is 11.8 Å². The molecule has 0 fully saturated rings. The zero-order valence-corrected chi connectivity index (χ0v) is 12.1. The molecule has 0 aromatic heterocycles. The normalized spacial score (nSPS) is 13.3. The molecule has 3 N–H and O–H groups in total. The van der Waals surface area contributed by atoms with Gasteiger partial charge < -0.3 is 11.1 Å². The Labute approximate surface area is 113 Å². The SMILES string of the molecule is CNC(=O)C(C)CN(C)S(=O)(=O)c1ccc(N)cc1. The van der Waals surface area contributed by atoms with Crippen LogP contribution in [0.15, 0.2) is 29.2 Å². The van der Waals surface area contributed by atoms with Crippen molar-refractivity contribution in [3.63, 3.8) is 0 Å². The van der Waals surface area contributed by atoms with Crippen LogP contribution < -0.4 is 11.1 Å². The fraction of sp³-hybridized carbons (Fsp3) is 0.417. The van der Waals surface area contributed by atoms with Gasteiger partial charge in [-0.05, 0) is 24.3 Å². The van der Waals surface area contributed by atoms with Crippen molar-refractivity contribution in [3.8, 4) is 0 Å². The number of nitrogen functional groups attached to an aromatic ring is 1. The molecular formula is C12H19N3O3S. The quantitative estimate of drug-likeness (QED) is 0.760. The minimum atomic E-state index is -3.59. The minimum absolute atomic E-state index is 0.117. The van der Waals surface area contributed by atoms with Crippen LogP contribution in [-0.4, -0.2) is 39.3 Å². The van der Waals surface area contributed by atoms with Crippen molar-refractivity contribution in [1.82, 2.24) is 9.62 Å². The first kappa shape index (κ1) is 15.5. The lowest BCUT2D eigenvalue weighted by Gasteiger charge is -2.20. The van der Waals surface area contributed by atoms with Gasteiger partial charge in [0.15, 0.2) is 0 Å². The van der Waals surface area contributed by atoms with Crippen molar-refractivity contribution in [1.29, 1.82) is 0 Å². The summed E-state index contributed by atoms with van der Waals surface area (Å²) in [6, 6.07) is 5.96. The smallest absolute Gasteiger partial charge is 0.242 e. The van der Waals surface area contributed by atoms with Crippen LogP contribution >= 0.6 is 0 Å². The molecule has 1 aromatic carbocycles. The van der Waals surface area contributed by atoms with Gasteiger partial charge in [0.2, 0.25) is 15.9 Å². The van der Waals surface area contributed by atoms with E-state index in [1.54, 1.807) is 6.92 Å². The van der Waals surface area contributed by atoms with Gasteiger partial charge in [0, 0.05) is 32.2 Å². The van der Waals surface area contributed by atoms with E-state index >= 15 is 0 Å². The Morgan fingerprint density at radius 3 is 2.37 bits per heavy atom. The first-order valence-corrected chi connectivity index (χ1v) is 7.26. The largest absolute Gasteiger partial charge is 0.399 e. The van der Waals surface area contributed by atoms with Gasteiger partial charge in [-0.1, -0.05) is 6.92 Å². The second kappa shape index (κ2) is 6.03. The predicted molar refractivity (Wildman–Crippen MR) is 73.9 cm³/mol. The van der Waals surface area contributed by atoms with E-state index < -0.39 is 15.9 Å². The number of nitrogens with two attached hydrogens (primary N) is 1. The van der Waals surface area contributed by atoms with Crippen molar-refractivity contribution in [2.24, 2.45) is 5.92 Å². The molecule has 0 spiro atoms. The maximum Gasteiger partial charge on any atom is 0.242 e. The summed E-state index contributed by atoms with van der Waals surface area (Å²) in [5.74, 6) is -0.613. The second-order valence-corrected chi connectivity index (χ2v) is 6.41. The van der Waals surface area contributed by atoms with E-state index in [-0.39, 0.29) is 17.3 Å². The third kappa shape index (κ3) is 3.68. The highest BCUT2D eigenvalue weighted by Gasteiger charge is 2.24. The number of hydrogen-bond donors (Lipinski definition) is 2. The van der Waals surface area contributed by atoms with Crippen LogP contribution in [0.4, 0.5) is 5.69 Å². The van der Waals surface area contributed by atoms with Crippen molar-refractivity contribution in [3.05, 3.63) is 24.3 Å². The average Bonchev–Trinajstić information content (AvgIpc) is 2.38. The Balaban J connectivity index is 2.88. The van der Waals surface area contributed by atoms with E-state index in [1.807, 2.05) is 0 Å². The van der Waals surface area contributed by atoms with Gasteiger partial charge in [0.05, 0.1) is 4.90 Å². The molecule has 1 rings (SSSR count). The van der Waals surface area contributed by atoms with Crippen molar-refractivity contribution < 1.29 is 13.2 Å². The monoisotopic (exact) mass is 285 g/mol. The second-order valence-electron chi connectivity index (χ2n) is 4.37. The number of benzene rings is 1. The third-order valence-corrected chi connectivity index (χ3v) is 4.65. The molecule has 0 saturated heterocycles. The number of carbonyl (C=O) groups excluding carboxylic acids is 1. The maximum absolute atomic E-state index is 12.2. The molecule has 1 atom stereocenters. The summed E-state index contributed by atoms with van der Waals surface area (Å²) in [5, 5.41) is 2.49. The van der Waals surface area contributed by atoms with Crippen LogP contribution in [-0.2, 0) is 14.8 Å². The van der Waals surface area contributed by atoms with Crippen molar-refractivity contribution >= 4 is 21.6 Å². The Bertz CT molecular complexity index is 540.